The standard InChI is InChI=1S/C16H14N2O6S/c1-23-16(22)18-13(19)8-24-15(21)11-4-2-3-5-12(11)17-14(20)10-6-7-25-9-10/h2-7,9H,8H2,1H3,(H,17,20)(H,18,19,22). The van der Waals surface area contributed by atoms with E-state index in [0.29, 0.717) is 5.56 Å². The minimum atomic E-state index is -0.954. The average molecular weight is 362 g/mol. The van der Waals surface area contributed by atoms with Crippen LogP contribution in [0, 0.1) is 0 Å². The smallest absolute Gasteiger partial charge is 0.413 e. The summed E-state index contributed by atoms with van der Waals surface area (Å²) in [6, 6.07) is 7.87. The van der Waals surface area contributed by atoms with Gasteiger partial charge >= 0.3 is 12.1 Å². The molecular weight excluding hydrogens is 348 g/mol. The molecule has 0 aliphatic rings. The highest BCUT2D eigenvalue weighted by Gasteiger charge is 2.17. The third-order valence-corrected chi connectivity index (χ3v) is 3.62. The van der Waals surface area contributed by atoms with E-state index in [2.05, 4.69) is 10.1 Å². The van der Waals surface area contributed by atoms with E-state index in [9.17, 15) is 19.2 Å². The second-order valence-corrected chi connectivity index (χ2v) is 5.41. The molecule has 9 heteroatoms. The van der Waals surface area contributed by atoms with Crippen LogP contribution in [-0.4, -0.2) is 37.6 Å². The number of alkyl carbamates (subject to hydrolysis) is 1. The number of amides is 3. The number of hydrogen-bond donors (Lipinski definition) is 2. The van der Waals surface area contributed by atoms with Gasteiger partial charge in [-0.1, -0.05) is 12.1 Å². The number of ether oxygens (including phenoxy) is 2. The molecule has 1 aromatic carbocycles. The number of thiophene rings is 1. The zero-order valence-corrected chi connectivity index (χ0v) is 13.9. The van der Waals surface area contributed by atoms with Crippen LogP contribution in [0.25, 0.3) is 0 Å². The Morgan fingerprint density at radius 1 is 1.12 bits per heavy atom. The van der Waals surface area contributed by atoms with Crippen molar-refractivity contribution >= 4 is 40.9 Å². The van der Waals surface area contributed by atoms with Crippen LogP contribution in [-0.2, 0) is 14.3 Å². The van der Waals surface area contributed by atoms with Crippen LogP contribution in [0.4, 0.5) is 10.5 Å². The largest absolute Gasteiger partial charge is 0.453 e. The number of imide groups is 1. The van der Waals surface area contributed by atoms with Crippen molar-refractivity contribution in [1.29, 1.82) is 0 Å². The van der Waals surface area contributed by atoms with Crippen LogP contribution < -0.4 is 10.6 Å². The molecule has 0 spiro atoms. The van der Waals surface area contributed by atoms with E-state index < -0.39 is 24.6 Å². The van der Waals surface area contributed by atoms with E-state index in [0.717, 1.165) is 7.11 Å². The summed E-state index contributed by atoms with van der Waals surface area (Å²) in [4.78, 5) is 46.5. The highest BCUT2D eigenvalue weighted by Crippen LogP contribution is 2.18. The van der Waals surface area contributed by atoms with Gasteiger partial charge in [-0.25, -0.2) is 9.59 Å². The zero-order valence-electron chi connectivity index (χ0n) is 13.1. The van der Waals surface area contributed by atoms with Crippen molar-refractivity contribution in [3.05, 3.63) is 52.2 Å². The Morgan fingerprint density at radius 3 is 2.56 bits per heavy atom. The Kier molecular flexibility index (Phi) is 6.24. The van der Waals surface area contributed by atoms with Gasteiger partial charge in [0.05, 0.1) is 23.9 Å². The van der Waals surface area contributed by atoms with E-state index in [1.807, 2.05) is 5.32 Å². The fourth-order valence-corrected chi connectivity index (χ4v) is 2.40. The number of nitrogens with one attached hydrogen (secondary N) is 2. The lowest BCUT2D eigenvalue weighted by atomic mass is 10.1. The fraction of sp³-hybridized carbons (Fsp3) is 0.125. The van der Waals surface area contributed by atoms with Gasteiger partial charge in [-0.05, 0) is 23.6 Å². The van der Waals surface area contributed by atoms with Crippen molar-refractivity contribution < 1.29 is 28.7 Å². The van der Waals surface area contributed by atoms with Gasteiger partial charge in [-0.3, -0.25) is 14.9 Å². The molecule has 2 aromatic rings. The quantitative estimate of drug-likeness (QED) is 0.788. The number of benzene rings is 1. The molecule has 0 aliphatic heterocycles. The predicted octanol–water partition coefficient (Wildman–Crippen LogP) is 2.04. The Balaban J connectivity index is 2.01. The lowest BCUT2D eigenvalue weighted by Crippen LogP contribution is -2.34. The maximum absolute atomic E-state index is 12.1. The molecule has 1 aromatic heterocycles. The first-order valence-electron chi connectivity index (χ1n) is 6.98. The van der Waals surface area contributed by atoms with Crippen LogP contribution in [0.2, 0.25) is 0 Å². The number of anilines is 1. The van der Waals surface area contributed by atoms with Crippen LogP contribution in [0.3, 0.4) is 0 Å². The van der Waals surface area contributed by atoms with Crippen molar-refractivity contribution in [2.24, 2.45) is 0 Å². The fourth-order valence-electron chi connectivity index (χ4n) is 1.77. The third kappa shape index (κ3) is 5.15. The van der Waals surface area contributed by atoms with Crippen molar-refractivity contribution in [1.82, 2.24) is 5.32 Å². The van der Waals surface area contributed by atoms with Gasteiger partial charge in [-0.15, -0.1) is 0 Å². The first kappa shape index (κ1) is 18.1. The molecule has 130 valence electrons. The third-order valence-electron chi connectivity index (χ3n) is 2.94. The van der Waals surface area contributed by atoms with E-state index in [-0.39, 0.29) is 17.2 Å². The molecule has 0 aliphatic carbocycles. The van der Waals surface area contributed by atoms with Gasteiger partial charge in [0, 0.05) is 5.38 Å². The lowest BCUT2D eigenvalue weighted by Gasteiger charge is -2.10. The second kappa shape index (κ2) is 8.60. The maximum atomic E-state index is 12.1. The van der Waals surface area contributed by atoms with E-state index in [1.165, 1.54) is 23.5 Å². The van der Waals surface area contributed by atoms with Crippen molar-refractivity contribution in [3.63, 3.8) is 0 Å². The molecule has 2 rings (SSSR count). The van der Waals surface area contributed by atoms with Crippen LogP contribution in [0.1, 0.15) is 20.7 Å². The topological polar surface area (TPSA) is 111 Å². The predicted molar refractivity (Wildman–Crippen MR) is 89.5 cm³/mol. The van der Waals surface area contributed by atoms with E-state index in [1.54, 1.807) is 29.0 Å². The molecule has 0 saturated heterocycles. The monoisotopic (exact) mass is 362 g/mol. The Bertz CT molecular complexity index is 788. The van der Waals surface area contributed by atoms with Gasteiger partial charge in [0.2, 0.25) is 0 Å². The summed E-state index contributed by atoms with van der Waals surface area (Å²) in [5, 5.41) is 7.90. The first-order chi connectivity index (χ1) is 12.0. The lowest BCUT2D eigenvalue weighted by molar-refractivity contribution is -0.123. The molecule has 2 N–H and O–H groups in total. The number of hydrogen-bond acceptors (Lipinski definition) is 7. The molecule has 8 nitrogen and oxygen atoms in total. The zero-order chi connectivity index (χ0) is 18.2. The number of esters is 1. The molecule has 0 radical (unpaired) electrons. The molecular formula is C16H14N2O6S. The first-order valence-corrected chi connectivity index (χ1v) is 7.93. The van der Waals surface area contributed by atoms with Crippen LogP contribution in [0.15, 0.2) is 41.1 Å². The number of para-hydroxylation sites is 1. The van der Waals surface area contributed by atoms with Crippen molar-refractivity contribution in [3.8, 4) is 0 Å². The highest BCUT2D eigenvalue weighted by molar-refractivity contribution is 7.08. The summed E-state index contributed by atoms with van der Waals surface area (Å²) in [5.74, 6) is -2.02. The summed E-state index contributed by atoms with van der Waals surface area (Å²) >= 11 is 1.37. The Hall–Kier alpha value is -3.20. The minimum absolute atomic E-state index is 0.0805. The normalized spacial score (nSPS) is 9.80. The van der Waals surface area contributed by atoms with Gasteiger partial charge in [0.15, 0.2) is 6.61 Å². The summed E-state index contributed by atoms with van der Waals surface area (Å²) in [6.07, 6.45) is -0.954. The van der Waals surface area contributed by atoms with Crippen molar-refractivity contribution in [2.45, 2.75) is 0 Å². The molecule has 0 bridgehead atoms. The van der Waals surface area contributed by atoms with Gasteiger partial charge < -0.3 is 14.8 Å². The maximum Gasteiger partial charge on any atom is 0.413 e. The van der Waals surface area contributed by atoms with Crippen LogP contribution in [0.5, 0.6) is 0 Å². The minimum Gasteiger partial charge on any atom is -0.453 e. The summed E-state index contributed by atoms with van der Waals surface area (Å²) in [5.41, 5.74) is 0.791. The molecule has 3 amide bonds. The van der Waals surface area contributed by atoms with Gasteiger partial charge in [0.25, 0.3) is 11.8 Å². The Labute approximate surface area is 146 Å². The number of rotatable bonds is 5. The SMILES string of the molecule is COC(=O)NC(=O)COC(=O)c1ccccc1NC(=O)c1ccsc1. The number of methoxy groups -OCH3 is 1. The number of carbonyl (C=O) groups is 4. The van der Waals surface area contributed by atoms with Crippen LogP contribution >= 0.6 is 11.3 Å². The molecule has 1 heterocycles. The molecule has 0 unspecified atom stereocenters. The average Bonchev–Trinajstić information content (AvgIpc) is 3.14. The molecule has 0 atom stereocenters. The van der Waals surface area contributed by atoms with E-state index in [4.69, 9.17) is 4.74 Å². The van der Waals surface area contributed by atoms with Gasteiger partial charge in [0.1, 0.15) is 0 Å². The molecule has 0 saturated carbocycles. The summed E-state index contributed by atoms with van der Waals surface area (Å²) in [6.45, 7) is -0.666. The summed E-state index contributed by atoms with van der Waals surface area (Å²) < 4.78 is 9.09. The second-order valence-electron chi connectivity index (χ2n) is 4.63. The molecule has 0 fully saturated rings. The highest BCUT2D eigenvalue weighted by atomic mass is 32.1. The molecule has 25 heavy (non-hydrogen) atoms. The van der Waals surface area contributed by atoms with E-state index >= 15 is 0 Å². The number of carbonyl (C=O) groups excluding carboxylic acids is 4. The van der Waals surface area contributed by atoms with Crippen molar-refractivity contribution in [2.75, 3.05) is 19.0 Å². The summed E-state index contributed by atoms with van der Waals surface area (Å²) in [7, 11) is 1.10. The van der Waals surface area contributed by atoms with Gasteiger partial charge in [-0.2, -0.15) is 11.3 Å². The Morgan fingerprint density at radius 2 is 1.88 bits per heavy atom.